The lowest BCUT2D eigenvalue weighted by atomic mass is 10.0. The number of hydrogen-bond acceptors (Lipinski definition) is 3. The van der Waals surface area contributed by atoms with Gasteiger partial charge in [-0.1, -0.05) is 6.92 Å². The van der Waals surface area contributed by atoms with Crippen LogP contribution < -0.4 is 5.32 Å². The molecule has 0 saturated heterocycles. The van der Waals surface area contributed by atoms with Crippen LogP contribution in [-0.4, -0.2) is 20.1 Å². The summed E-state index contributed by atoms with van der Waals surface area (Å²) < 4.78 is 1.79. The second-order valence-corrected chi connectivity index (χ2v) is 4.80. The molecular formula is C12H18N4. The molecule has 86 valence electrons. The van der Waals surface area contributed by atoms with Crippen molar-refractivity contribution >= 4 is 11.6 Å². The van der Waals surface area contributed by atoms with Crippen LogP contribution in [0.1, 0.15) is 32.8 Å². The number of aryl methyl sites for hydroxylation is 1. The maximum Gasteiger partial charge on any atom is 0.243 e. The highest BCUT2D eigenvalue weighted by Crippen LogP contribution is 2.15. The first-order chi connectivity index (χ1) is 7.50. The Morgan fingerprint density at radius 2 is 2.19 bits per heavy atom. The second kappa shape index (κ2) is 3.77. The molecule has 0 bridgehead atoms. The summed E-state index contributed by atoms with van der Waals surface area (Å²) in [6, 6.07) is 4.05. The van der Waals surface area contributed by atoms with Crippen molar-refractivity contribution in [2.75, 3.05) is 5.32 Å². The van der Waals surface area contributed by atoms with Crippen LogP contribution in [0.25, 0.3) is 5.65 Å². The summed E-state index contributed by atoms with van der Waals surface area (Å²) in [6.07, 6.45) is 2.96. The Kier molecular flexibility index (Phi) is 2.58. The number of fused-ring (bicyclic) bond motifs is 1. The zero-order valence-corrected chi connectivity index (χ0v) is 10.3. The van der Waals surface area contributed by atoms with Crippen molar-refractivity contribution in [3.63, 3.8) is 0 Å². The van der Waals surface area contributed by atoms with E-state index in [4.69, 9.17) is 0 Å². The van der Waals surface area contributed by atoms with E-state index in [2.05, 4.69) is 43.1 Å². The zero-order valence-electron chi connectivity index (χ0n) is 10.3. The van der Waals surface area contributed by atoms with Gasteiger partial charge in [-0.05, 0) is 44.9 Å². The van der Waals surface area contributed by atoms with Crippen LogP contribution in [0.4, 0.5) is 5.95 Å². The predicted molar refractivity (Wildman–Crippen MR) is 65.7 cm³/mol. The van der Waals surface area contributed by atoms with E-state index >= 15 is 0 Å². The van der Waals surface area contributed by atoms with Crippen molar-refractivity contribution in [2.24, 2.45) is 0 Å². The highest BCUT2D eigenvalue weighted by atomic mass is 15.4. The quantitative estimate of drug-likeness (QED) is 0.861. The SMILES string of the molecule is CCC(C)(C)Nc1nc2cc(C)ccn2n1. The average Bonchev–Trinajstić information content (AvgIpc) is 2.58. The third-order valence-corrected chi connectivity index (χ3v) is 2.83. The Labute approximate surface area is 95.7 Å². The smallest absolute Gasteiger partial charge is 0.243 e. The number of anilines is 1. The Balaban J connectivity index is 2.33. The van der Waals surface area contributed by atoms with Gasteiger partial charge in [0.15, 0.2) is 5.65 Å². The molecule has 0 saturated carbocycles. The van der Waals surface area contributed by atoms with Crippen molar-refractivity contribution in [2.45, 2.75) is 39.7 Å². The van der Waals surface area contributed by atoms with Gasteiger partial charge in [0.25, 0.3) is 0 Å². The molecule has 0 aliphatic carbocycles. The van der Waals surface area contributed by atoms with Gasteiger partial charge in [0.2, 0.25) is 5.95 Å². The number of aromatic nitrogens is 3. The summed E-state index contributed by atoms with van der Waals surface area (Å²) in [5, 5.41) is 7.72. The van der Waals surface area contributed by atoms with Crippen LogP contribution in [0.2, 0.25) is 0 Å². The molecule has 0 aliphatic rings. The van der Waals surface area contributed by atoms with Crippen LogP contribution in [0.3, 0.4) is 0 Å². The number of nitrogens with zero attached hydrogens (tertiary/aromatic N) is 3. The molecule has 1 N–H and O–H groups in total. The van der Waals surface area contributed by atoms with Crippen LogP contribution in [-0.2, 0) is 0 Å². The molecule has 2 rings (SSSR count). The van der Waals surface area contributed by atoms with Gasteiger partial charge in [-0.3, -0.25) is 0 Å². The fourth-order valence-electron chi connectivity index (χ4n) is 1.43. The molecule has 4 heteroatoms. The third kappa shape index (κ3) is 2.15. The van der Waals surface area contributed by atoms with Crippen LogP contribution >= 0.6 is 0 Å². The fraction of sp³-hybridized carbons (Fsp3) is 0.500. The van der Waals surface area contributed by atoms with Gasteiger partial charge in [-0.25, -0.2) is 4.52 Å². The molecule has 0 fully saturated rings. The standard InChI is InChI=1S/C12H18N4/c1-5-12(3,4)14-11-13-10-8-9(2)6-7-16(10)15-11/h6-8H,5H2,1-4H3,(H,14,15). The maximum absolute atomic E-state index is 4.45. The van der Waals surface area contributed by atoms with Gasteiger partial charge < -0.3 is 5.32 Å². The van der Waals surface area contributed by atoms with Crippen molar-refractivity contribution < 1.29 is 0 Å². The molecule has 0 aromatic carbocycles. The first-order valence-electron chi connectivity index (χ1n) is 5.61. The molecule has 2 aromatic rings. The van der Waals surface area contributed by atoms with Gasteiger partial charge in [0, 0.05) is 11.7 Å². The normalized spacial score (nSPS) is 12.0. The highest BCUT2D eigenvalue weighted by molar-refractivity contribution is 5.45. The number of pyridine rings is 1. The van der Waals surface area contributed by atoms with Crippen molar-refractivity contribution in [3.05, 3.63) is 23.9 Å². The van der Waals surface area contributed by atoms with Crippen LogP contribution in [0, 0.1) is 6.92 Å². The Morgan fingerprint density at radius 1 is 1.44 bits per heavy atom. The van der Waals surface area contributed by atoms with E-state index in [1.54, 1.807) is 4.52 Å². The molecule has 0 amide bonds. The molecule has 2 aromatic heterocycles. The Bertz CT molecular complexity index is 499. The van der Waals surface area contributed by atoms with E-state index in [0.29, 0.717) is 5.95 Å². The summed E-state index contributed by atoms with van der Waals surface area (Å²) in [7, 11) is 0. The zero-order chi connectivity index (χ0) is 11.8. The third-order valence-electron chi connectivity index (χ3n) is 2.83. The number of nitrogens with one attached hydrogen (secondary N) is 1. The minimum absolute atomic E-state index is 0.0278. The Hall–Kier alpha value is -1.58. The van der Waals surface area contributed by atoms with Crippen molar-refractivity contribution in [1.29, 1.82) is 0 Å². The monoisotopic (exact) mass is 218 g/mol. The predicted octanol–water partition coefficient (Wildman–Crippen LogP) is 2.64. The second-order valence-electron chi connectivity index (χ2n) is 4.80. The molecule has 0 atom stereocenters. The van der Waals surface area contributed by atoms with Gasteiger partial charge >= 0.3 is 0 Å². The van der Waals surface area contributed by atoms with E-state index in [1.807, 2.05) is 18.3 Å². The summed E-state index contributed by atoms with van der Waals surface area (Å²) >= 11 is 0. The summed E-state index contributed by atoms with van der Waals surface area (Å²) in [5.41, 5.74) is 2.11. The lowest BCUT2D eigenvalue weighted by Crippen LogP contribution is -2.30. The summed E-state index contributed by atoms with van der Waals surface area (Å²) in [6.45, 7) is 8.48. The average molecular weight is 218 g/mol. The summed E-state index contributed by atoms with van der Waals surface area (Å²) in [4.78, 5) is 4.45. The first-order valence-corrected chi connectivity index (χ1v) is 5.61. The molecular weight excluding hydrogens is 200 g/mol. The Morgan fingerprint density at radius 3 is 2.88 bits per heavy atom. The van der Waals surface area contributed by atoms with E-state index in [1.165, 1.54) is 5.56 Å². The lowest BCUT2D eigenvalue weighted by Gasteiger charge is -2.23. The van der Waals surface area contributed by atoms with Gasteiger partial charge in [-0.2, -0.15) is 4.98 Å². The lowest BCUT2D eigenvalue weighted by molar-refractivity contribution is 0.542. The molecule has 0 aliphatic heterocycles. The molecule has 0 unspecified atom stereocenters. The van der Waals surface area contributed by atoms with E-state index < -0.39 is 0 Å². The van der Waals surface area contributed by atoms with Crippen molar-refractivity contribution in [3.8, 4) is 0 Å². The molecule has 2 heterocycles. The molecule has 4 nitrogen and oxygen atoms in total. The molecule has 0 radical (unpaired) electrons. The van der Waals surface area contributed by atoms with E-state index in [0.717, 1.165) is 12.1 Å². The van der Waals surface area contributed by atoms with Gasteiger partial charge in [0.1, 0.15) is 0 Å². The molecule has 16 heavy (non-hydrogen) atoms. The van der Waals surface area contributed by atoms with E-state index in [-0.39, 0.29) is 5.54 Å². The minimum atomic E-state index is 0.0278. The molecule has 0 spiro atoms. The van der Waals surface area contributed by atoms with Gasteiger partial charge in [-0.15, -0.1) is 5.10 Å². The van der Waals surface area contributed by atoms with Crippen molar-refractivity contribution in [1.82, 2.24) is 14.6 Å². The first kappa shape index (κ1) is 10.9. The summed E-state index contributed by atoms with van der Waals surface area (Å²) in [5.74, 6) is 0.692. The van der Waals surface area contributed by atoms with Gasteiger partial charge in [0.05, 0.1) is 0 Å². The number of rotatable bonds is 3. The largest absolute Gasteiger partial charge is 0.348 e. The topological polar surface area (TPSA) is 42.2 Å². The van der Waals surface area contributed by atoms with Crippen LogP contribution in [0.5, 0.6) is 0 Å². The van der Waals surface area contributed by atoms with Crippen LogP contribution in [0.15, 0.2) is 18.3 Å². The highest BCUT2D eigenvalue weighted by Gasteiger charge is 2.16. The maximum atomic E-state index is 4.45. The van der Waals surface area contributed by atoms with E-state index in [9.17, 15) is 0 Å². The fourth-order valence-corrected chi connectivity index (χ4v) is 1.43. The number of hydrogen-bond donors (Lipinski definition) is 1. The minimum Gasteiger partial charge on any atom is -0.348 e.